The highest BCUT2D eigenvalue weighted by Crippen LogP contribution is 2.44. The van der Waals surface area contributed by atoms with Crippen molar-refractivity contribution in [1.29, 1.82) is 0 Å². The molecule has 0 fully saturated rings. The van der Waals surface area contributed by atoms with Crippen molar-refractivity contribution in [2.24, 2.45) is 0 Å². The van der Waals surface area contributed by atoms with E-state index in [9.17, 15) is 24.3 Å². The van der Waals surface area contributed by atoms with Crippen LogP contribution in [0.5, 0.6) is 0 Å². The third-order valence-corrected chi connectivity index (χ3v) is 7.82. The molecule has 43 heavy (non-hydrogen) atoms. The van der Waals surface area contributed by atoms with Crippen molar-refractivity contribution in [2.75, 3.05) is 18.9 Å². The molecule has 1 aliphatic carbocycles. The van der Waals surface area contributed by atoms with E-state index in [4.69, 9.17) is 14.9 Å². The fraction of sp³-hybridized carbons (Fsp3) is 0.273. The van der Waals surface area contributed by atoms with Crippen molar-refractivity contribution in [3.05, 3.63) is 99.4 Å². The van der Waals surface area contributed by atoms with E-state index in [1.807, 2.05) is 48.5 Å². The number of amides is 2. The molecular formula is C33H33N3O7. The minimum absolute atomic E-state index is 0.0846. The first-order chi connectivity index (χ1) is 20.7. The highest BCUT2D eigenvalue weighted by atomic mass is 16.5. The van der Waals surface area contributed by atoms with Gasteiger partial charge in [0.2, 0.25) is 5.91 Å². The number of aryl methyl sites for hydroxylation is 1. The number of carbonyl (C=O) groups excluding carboxylic acids is 2. The number of unbranched alkanes of at least 4 members (excludes halogenated alkanes) is 1. The van der Waals surface area contributed by atoms with Crippen molar-refractivity contribution in [2.45, 2.75) is 44.6 Å². The van der Waals surface area contributed by atoms with Gasteiger partial charge in [-0.25, -0.2) is 14.4 Å². The molecule has 2 amide bonds. The average molecular weight is 584 g/mol. The summed E-state index contributed by atoms with van der Waals surface area (Å²) >= 11 is 0. The molecule has 1 heterocycles. The summed E-state index contributed by atoms with van der Waals surface area (Å²) in [5, 5.41) is 15.5. The number of nitrogen functional groups attached to an aromatic ring is 1. The lowest BCUT2D eigenvalue weighted by Crippen LogP contribution is -2.41. The van der Waals surface area contributed by atoms with Crippen molar-refractivity contribution in [3.8, 4) is 11.1 Å². The monoisotopic (exact) mass is 583 g/mol. The molecule has 10 nitrogen and oxygen atoms in total. The van der Waals surface area contributed by atoms with E-state index < -0.39 is 23.7 Å². The molecule has 0 bridgehead atoms. The molecule has 0 saturated carbocycles. The highest BCUT2D eigenvalue weighted by molar-refractivity contribution is 5.86. The highest BCUT2D eigenvalue weighted by Gasteiger charge is 2.29. The number of aliphatic carboxylic acids is 1. The van der Waals surface area contributed by atoms with E-state index in [1.54, 1.807) is 25.1 Å². The molecule has 1 aliphatic rings. The maximum Gasteiger partial charge on any atom is 0.407 e. The van der Waals surface area contributed by atoms with Crippen LogP contribution in [-0.2, 0) is 20.7 Å². The number of alkyl carbamates (subject to hydrolysis) is 1. The van der Waals surface area contributed by atoms with E-state index in [1.165, 1.54) is 0 Å². The fourth-order valence-corrected chi connectivity index (χ4v) is 5.58. The average Bonchev–Trinajstić information content (AvgIpc) is 3.30. The Morgan fingerprint density at radius 3 is 2.35 bits per heavy atom. The van der Waals surface area contributed by atoms with Crippen molar-refractivity contribution >= 4 is 34.6 Å². The SMILES string of the molecule is Cc1c(CC(=O)NCCCC[C@H](NC(=O)OCC2c3ccccc3-c3ccccc32)C(=O)O)c(=O)oc2cc(N)ccc12. The van der Waals surface area contributed by atoms with Crippen LogP contribution < -0.4 is 22.0 Å². The number of ether oxygens (including phenoxy) is 1. The van der Waals surface area contributed by atoms with Gasteiger partial charge in [-0.3, -0.25) is 4.79 Å². The third kappa shape index (κ3) is 6.53. The van der Waals surface area contributed by atoms with E-state index >= 15 is 0 Å². The van der Waals surface area contributed by atoms with Crippen LogP contribution in [0.25, 0.3) is 22.1 Å². The fourth-order valence-electron chi connectivity index (χ4n) is 5.58. The zero-order valence-corrected chi connectivity index (χ0v) is 23.7. The molecule has 5 N–H and O–H groups in total. The number of benzene rings is 3. The normalized spacial score (nSPS) is 12.8. The Hall–Kier alpha value is -5.12. The predicted molar refractivity (Wildman–Crippen MR) is 162 cm³/mol. The van der Waals surface area contributed by atoms with Crippen LogP contribution in [0.2, 0.25) is 0 Å². The summed E-state index contributed by atoms with van der Waals surface area (Å²) in [4.78, 5) is 49.3. The zero-order valence-electron chi connectivity index (χ0n) is 23.7. The minimum Gasteiger partial charge on any atom is -0.480 e. The second-order valence-electron chi connectivity index (χ2n) is 10.6. The van der Waals surface area contributed by atoms with Gasteiger partial charge in [0, 0.05) is 29.6 Å². The van der Waals surface area contributed by atoms with Gasteiger partial charge in [0.15, 0.2) is 0 Å². The summed E-state index contributed by atoms with van der Waals surface area (Å²) in [6.07, 6.45) is 0.128. The van der Waals surface area contributed by atoms with Crippen LogP contribution in [0.1, 0.15) is 47.4 Å². The molecular weight excluding hydrogens is 550 g/mol. The Morgan fingerprint density at radius 2 is 1.67 bits per heavy atom. The van der Waals surface area contributed by atoms with E-state index in [2.05, 4.69) is 10.6 Å². The third-order valence-electron chi connectivity index (χ3n) is 7.82. The molecule has 0 unspecified atom stereocenters. The lowest BCUT2D eigenvalue weighted by Gasteiger charge is -2.17. The first-order valence-corrected chi connectivity index (χ1v) is 14.2. The molecule has 0 radical (unpaired) electrons. The van der Waals surface area contributed by atoms with Gasteiger partial charge in [0.1, 0.15) is 18.2 Å². The molecule has 10 heteroatoms. The number of nitrogens with two attached hydrogens (primary N) is 1. The van der Waals surface area contributed by atoms with Crippen molar-refractivity contribution < 1.29 is 28.6 Å². The molecule has 1 atom stereocenters. The number of anilines is 1. The van der Waals surface area contributed by atoms with E-state index in [-0.39, 0.29) is 43.4 Å². The van der Waals surface area contributed by atoms with Gasteiger partial charge in [-0.2, -0.15) is 0 Å². The van der Waals surface area contributed by atoms with Gasteiger partial charge >= 0.3 is 17.7 Å². The number of hydrogen-bond acceptors (Lipinski definition) is 7. The summed E-state index contributed by atoms with van der Waals surface area (Å²) in [6, 6.07) is 19.8. The molecule has 1 aromatic heterocycles. The lowest BCUT2D eigenvalue weighted by atomic mass is 9.98. The van der Waals surface area contributed by atoms with E-state index in [0.29, 0.717) is 35.1 Å². The molecule has 3 aromatic carbocycles. The van der Waals surface area contributed by atoms with Crippen molar-refractivity contribution in [1.82, 2.24) is 10.6 Å². The molecule has 0 saturated heterocycles. The second-order valence-corrected chi connectivity index (χ2v) is 10.6. The first-order valence-electron chi connectivity index (χ1n) is 14.2. The number of rotatable bonds is 11. The quantitative estimate of drug-likeness (QED) is 0.114. The van der Waals surface area contributed by atoms with Gasteiger partial charge in [-0.1, -0.05) is 48.5 Å². The van der Waals surface area contributed by atoms with Gasteiger partial charge in [0.25, 0.3) is 0 Å². The molecule has 5 rings (SSSR count). The van der Waals surface area contributed by atoms with Crippen LogP contribution in [0.15, 0.2) is 75.9 Å². The van der Waals surface area contributed by atoms with Gasteiger partial charge in [0.05, 0.1) is 12.0 Å². The molecule has 0 spiro atoms. The summed E-state index contributed by atoms with van der Waals surface area (Å²) in [5.41, 5.74) is 11.3. The summed E-state index contributed by atoms with van der Waals surface area (Å²) in [5.74, 6) is -1.65. The van der Waals surface area contributed by atoms with Gasteiger partial charge in [-0.05, 0) is 66.1 Å². The first kappa shape index (κ1) is 29.4. The largest absolute Gasteiger partial charge is 0.480 e. The van der Waals surface area contributed by atoms with Crippen molar-refractivity contribution in [3.63, 3.8) is 0 Å². The van der Waals surface area contributed by atoms with Crippen LogP contribution in [0.3, 0.4) is 0 Å². The summed E-state index contributed by atoms with van der Waals surface area (Å²) in [7, 11) is 0. The Kier molecular flexibility index (Phi) is 8.75. The summed E-state index contributed by atoms with van der Waals surface area (Å²) < 4.78 is 10.8. The molecule has 222 valence electrons. The maximum absolute atomic E-state index is 12.6. The van der Waals surface area contributed by atoms with Crippen LogP contribution in [-0.4, -0.2) is 42.3 Å². The standard InChI is InChI=1S/C33H33N3O7/c1-19-21-14-13-20(34)16-29(21)43-32(40)26(19)17-30(37)35-15-7-6-12-28(31(38)39)36-33(41)42-18-27-24-10-4-2-8-22(24)23-9-3-5-11-25(23)27/h2-5,8-11,13-14,16,27-28H,6-7,12,15,17-18,34H2,1H3,(H,35,37)(H,36,41)(H,38,39)/t28-/m0/s1. The Morgan fingerprint density at radius 1 is 1.00 bits per heavy atom. The topological polar surface area (TPSA) is 161 Å². The van der Waals surface area contributed by atoms with Crippen LogP contribution in [0.4, 0.5) is 10.5 Å². The van der Waals surface area contributed by atoms with Crippen LogP contribution >= 0.6 is 0 Å². The Labute approximate surface area is 247 Å². The zero-order chi connectivity index (χ0) is 30.5. The lowest BCUT2D eigenvalue weighted by molar-refractivity contribution is -0.139. The number of fused-ring (bicyclic) bond motifs is 4. The minimum atomic E-state index is -1.17. The van der Waals surface area contributed by atoms with Gasteiger partial charge in [-0.15, -0.1) is 0 Å². The number of nitrogens with one attached hydrogen (secondary N) is 2. The Bertz CT molecular complexity index is 1700. The van der Waals surface area contributed by atoms with E-state index in [0.717, 1.165) is 22.3 Å². The molecule has 0 aliphatic heterocycles. The number of carboxylic acids is 1. The number of carboxylic acid groups (broad SMARTS) is 1. The number of carbonyl (C=O) groups is 3. The maximum atomic E-state index is 12.6. The molecule has 4 aromatic rings. The smallest absolute Gasteiger partial charge is 0.407 e. The summed E-state index contributed by atoms with van der Waals surface area (Å²) in [6.45, 7) is 2.12. The second kappa shape index (κ2) is 12.8. The Balaban J connectivity index is 1.07. The van der Waals surface area contributed by atoms with Crippen LogP contribution in [0, 0.1) is 6.92 Å². The predicted octanol–water partition coefficient (Wildman–Crippen LogP) is 4.50. The van der Waals surface area contributed by atoms with Gasteiger partial charge < -0.3 is 30.6 Å². The number of hydrogen-bond donors (Lipinski definition) is 4.